The van der Waals surface area contributed by atoms with E-state index >= 15 is 0 Å². The first-order chi connectivity index (χ1) is 8.33. The van der Waals surface area contributed by atoms with E-state index in [1.54, 1.807) is 0 Å². The molecular weight excluding hydrogens is 313 g/mol. The maximum Gasteiger partial charge on any atom is 0.406 e. The Balaban J connectivity index is 2.92. The summed E-state index contributed by atoms with van der Waals surface area (Å²) in [5, 5.41) is 0. The molecule has 0 bridgehead atoms. The maximum absolute atomic E-state index is 12.3. The van der Waals surface area contributed by atoms with Crippen LogP contribution in [0.25, 0.3) is 0 Å². The van der Waals surface area contributed by atoms with Gasteiger partial charge in [-0.3, -0.25) is 9.78 Å². The van der Waals surface area contributed by atoms with E-state index in [0.717, 1.165) is 0 Å². The number of alkyl halides is 3. The smallest absolute Gasteiger partial charge is 0.326 e. The van der Waals surface area contributed by atoms with Crippen LogP contribution in [0.5, 0.6) is 0 Å². The van der Waals surface area contributed by atoms with Crippen molar-refractivity contribution in [3.63, 3.8) is 0 Å². The fourth-order valence-corrected chi connectivity index (χ4v) is 1.67. The molecule has 1 heterocycles. The first-order valence-electron chi connectivity index (χ1n) is 4.91. The van der Waals surface area contributed by atoms with E-state index in [9.17, 15) is 18.0 Å². The topological polar surface area (TPSA) is 33.2 Å². The normalized spacial score (nSPS) is 11.1. The first kappa shape index (κ1) is 14.7. The van der Waals surface area contributed by atoms with Crippen LogP contribution in [0.4, 0.5) is 13.2 Å². The van der Waals surface area contributed by atoms with E-state index < -0.39 is 18.6 Å². The zero-order valence-corrected chi connectivity index (χ0v) is 10.8. The quantitative estimate of drug-likeness (QED) is 0.798. The number of halogens is 4. The van der Waals surface area contributed by atoms with Crippen LogP contribution in [-0.2, 0) is 0 Å². The van der Waals surface area contributed by atoms with Crippen LogP contribution in [0.1, 0.15) is 10.4 Å². The Kier molecular flexibility index (Phi) is 4.89. The number of nitrogens with zero attached hydrogens (tertiary/aromatic N) is 2. The molecule has 0 saturated heterocycles. The van der Waals surface area contributed by atoms with Crippen LogP contribution < -0.4 is 0 Å². The van der Waals surface area contributed by atoms with Gasteiger partial charge < -0.3 is 4.90 Å². The molecule has 98 valence electrons. The minimum Gasteiger partial charge on any atom is -0.326 e. The molecule has 1 aromatic rings. The van der Waals surface area contributed by atoms with E-state index in [0.29, 0.717) is 9.37 Å². The fraction of sp³-hybridized carbons (Fsp3) is 0.273. The van der Waals surface area contributed by atoms with Crippen LogP contribution in [0.2, 0.25) is 0 Å². The number of carbonyl (C=O) groups is 1. The van der Waals surface area contributed by atoms with Crippen molar-refractivity contribution in [2.75, 3.05) is 13.1 Å². The molecule has 0 fully saturated rings. The van der Waals surface area contributed by atoms with Crippen molar-refractivity contribution in [2.24, 2.45) is 0 Å². The van der Waals surface area contributed by atoms with Gasteiger partial charge in [0, 0.05) is 23.4 Å². The molecule has 18 heavy (non-hydrogen) atoms. The summed E-state index contributed by atoms with van der Waals surface area (Å²) in [6, 6.07) is 1.42. The molecular formula is C11H10BrF3N2O. The number of aromatic nitrogens is 1. The molecule has 0 unspecified atom stereocenters. The first-order valence-corrected chi connectivity index (χ1v) is 5.70. The van der Waals surface area contributed by atoms with Crippen LogP contribution in [-0.4, -0.2) is 35.1 Å². The van der Waals surface area contributed by atoms with E-state index in [2.05, 4.69) is 27.5 Å². The van der Waals surface area contributed by atoms with Crippen molar-refractivity contribution in [3.05, 3.63) is 41.2 Å². The summed E-state index contributed by atoms with van der Waals surface area (Å²) in [5.74, 6) is -0.735. The summed E-state index contributed by atoms with van der Waals surface area (Å²) < 4.78 is 37.5. The minimum absolute atomic E-state index is 0.0930. The number of rotatable bonds is 4. The molecule has 1 aromatic heterocycles. The molecule has 1 amide bonds. The molecule has 0 aromatic carbocycles. The standard InChI is InChI=1S/C11H10BrF3N2O/c1-2-3-17(7-11(13,14)15)10(18)8-4-9(12)6-16-5-8/h2,4-6H,1,3,7H2. The van der Waals surface area contributed by atoms with Gasteiger partial charge in [-0.1, -0.05) is 6.08 Å². The predicted molar refractivity (Wildman–Crippen MR) is 64.1 cm³/mol. The lowest BCUT2D eigenvalue weighted by molar-refractivity contribution is -0.139. The van der Waals surface area contributed by atoms with Gasteiger partial charge in [-0.25, -0.2) is 0 Å². The van der Waals surface area contributed by atoms with Gasteiger partial charge in [-0.2, -0.15) is 13.2 Å². The Morgan fingerprint density at radius 3 is 2.67 bits per heavy atom. The van der Waals surface area contributed by atoms with E-state index in [4.69, 9.17) is 0 Å². The van der Waals surface area contributed by atoms with Crippen molar-refractivity contribution in [1.29, 1.82) is 0 Å². The average Bonchev–Trinajstić information content (AvgIpc) is 2.26. The molecule has 0 aliphatic heterocycles. The largest absolute Gasteiger partial charge is 0.406 e. The van der Waals surface area contributed by atoms with Gasteiger partial charge in [0.1, 0.15) is 6.54 Å². The number of amides is 1. The highest BCUT2D eigenvalue weighted by molar-refractivity contribution is 9.10. The molecule has 0 atom stereocenters. The highest BCUT2D eigenvalue weighted by Gasteiger charge is 2.32. The van der Waals surface area contributed by atoms with Gasteiger partial charge in [0.15, 0.2) is 0 Å². The van der Waals surface area contributed by atoms with Crippen LogP contribution in [0, 0.1) is 0 Å². The second-order valence-electron chi connectivity index (χ2n) is 3.48. The van der Waals surface area contributed by atoms with E-state index in [1.807, 2.05) is 0 Å². The SMILES string of the molecule is C=CCN(CC(F)(F)F)C(=O)c1cncc(Br)c1. The molecule has 1 rings (SSSR count). The highest BCUT2D eigenvalue weighted by atomic mass is 79.9. The highest BCUT2D eigenvalue weighted by Crippen LogP contribution is 2.19. The molecule has 0 spiro atoms. The van der Waals surface area contributed by atoms with Crippen LogP contribution in [0.3, 0.4) is 0 Å². The summed E-state index contributed by atoms with van der Waals surface area (Å²) >= 11 is 3.10. The lowest BCUT2D eigenvalue weighted by Gasteiger charge is -2.22. The molecule has 0 radical (unpaired) electrons. The molecule has 3 nitrogen and oxygen atoms in total. The number of hydrogen-bond acceptors (Lipinski definition) is 2. The van der Waals surface area contributed by atoms with Gasteiger partial charge in [-0.05, 0) is 22.0 Å². The summed E-state index contributed by atoms with van der Waals surface area (Å²) in [7, 11) is 0. The van der Waals surface area contributed by atoms with Crippen molar-refractivity contribution in [3.8, 4) is 0 Å². The van der Waals surface area contributed by atoms with Crippen LogP contribution in [0.15, 0.2) is 35.6 Å². The van der Waals surface area contributed by atoms with Gasteiger partial charge >= 0.3 is 6.18 Å². The Bertz CT molecular complexity index is 448. The zero-order valence-electron chi connectivity index (χ0n) is 9.25. The van der Waals surface area contributed by atoms with Gasteiger partial charge in [-0.15, -0.1) is 6.58 Å². The van der Waals surface area contributed by atoms with Crippen LogP contribution >= 0.6 is 15.9 Å². The summed E-state index contributed by atoms with van der Waals surface area (Å²) in [5.41, 5.74) is 0.0930. The fourth-order valence-electron chi connectivity index (χ4n) is 1.30. The Morgan fingerprint density at radius 2 is 2.17 bits per heavy atom. The third-order valence-electron chi connectivity index (χ3n) is 1.96. The van der Waals surface area contributed by atoms with E-state index in [-0.39, 0.29) is 12.1 Å². The number of hydrogen-bond donors (Lipinski definition) is 0. The molecule has 0 N–H and O–H groups in total. The lowest BCUT2D eigenvalue weighted by Crippen LogP contribution is -2.39. The van der Waals surface area contributed by atoms with Gasteiger partial charge in [0.2, 0.25) is 0 Å². The molecule has 7 heteroatoms. The second-order valence-corrected chi connectivity index (χ2v) is 4.40. The zero-order chi connectivity index (χ0) is 13.8. The van der Waals surface area contributed by atoms with Crippen molar-refractivity contribution in [1.82, 2.24) is 9.88 Å². The average molecular weight is 323 g/mol. The predicted octanol–water partition coefficient (Wildman–Crippen LogP) is 3.03. The van der Waals surface area contributed by atoms with Crippen molar-refractivity contribution < 1.29 is 18.0 Å². The van der Waals surface area contributed by atoms with Crippen molar-refractivity contribution in [2.45, 2.75) is 6.18 Å². The number of pyridine rings is 1. The van der Waals surface area contributed by atoms with Gasteiger partial charge in [0.05, 0.1) is 5.56 Å². The summed E-state index contributed by atoms with van der Waals surface area (Å²) in [6.07, 6.45) is -0.537. The minimum atomic E-state index is -4.45. The number of carbonyl (C=O) groups excluding carboxylic acids is 1. The summed E-state index contributed by atoms with van der Waals surface area (Å²) in [6.45, 7) is 1.85. The molecule has 0 saturated carbocycles. The monoisotopic (exact) mass is 322 g/mol. The Labute approximate surface area is 110 Å². The lowest BCUT2D eigenvalue weighted by atomic mass is 10.2. The third-order valence-corrected chi connectivity index (χ3v) is 2.39. The van der Waals surface area contributed by atoms with Crippen molar-refractivity contribution >= 4 is 21.8 Å². The third kappa shape index (κ3) is 4.48. The Hall–Kier alpha value is -1.37. The summed E-state index contributed by atoms with van der Waals surface area (Å²) in [4.78, 5) is 16.3. The molecule has 0 aliphatic rings. The maximum atomic E-state index is 12.3. The van der Waals surface area contributed by atoms with E-state index in [1.165, 1.54) is 24.5 Å². The van der Waals surface area contributed by atoms with Gasteiger partial charge in [0.25, 0.3) is 5.91 Å². The molecule has 0 aliphatic carbocycles. The Morgan fingerprint density at radius 1 is 1.50 bits per heavy atom. The second kappa shape index (κ2) is 5.99.